The van der Waals surface area contributed by atoms with Gasteiger partial charge in [-0.2, -0.15) is 0 Å². The van der Waals surface area contributed by atoms with Crippen LogP contribution in [0.4, 0.5) is 10.5 Å². The lowest BCUT2D eigenvalue weighted by atomic mass is 10.1. The molecule has 1 saturated heterocycles. The average Bonchev–Trinajstić information content (AvgIpc) is 3.06. The predicted octanol–water partition coefficient (Wildman–Crippen LogP) is 2.78. The first-order chi connectivity index (χ1) is 11.5. The van der Waals surface area contributed by atoms with E-state index in [0.29, 0.717) is 6.04 Å². The maximum Gasteiger partial charge on any atom is 0.317 e. The summed E-state index contributed by atoms with van der Waals surface area (Å²) in [6.07, 6.45) is 0.986. The number of nitro groups is 1. The number of carbonyl (C=O) groups excluding carboxylic acids is 1. The van der Waals surface area contributed by atoms with Gasteiger partial charge in [-0.05, 0) is 32.0 Å². The summed E-state index contributed by atoms with van der Waals surface area (Å²) in [6.45, 7) is 9.56. The van der Waals surface area contributed by atoms with Gasteiger partial charge in [0.05, 0.1) is 11.0 Å². The summed E-state index contributed by atoms with van der Waals surface area (Å²) in [5, 5.41) is 13.8. The molecule has 1 aromatic carbocycles. The molecular weight excluding hydrogens is 308 g/mol. The van der Waals surface area contributed by atoms with E-state index in [0.717, 1.165) is 38.2 Å². The van der Waals surface area contributed by atoms with E-state index in [2.05, 4.69) is 24.1 Å². The summed E-state index contributed by atoms with van der Waals surface area (Å²) in [4.78, 5) is 27.1. The number of urea groups is 1. The summed E-state index contributed by atoms with van der Waals surface area (Å²) in [6, 6.07) is 6.43. The Morgan fingerprint density at radius 2 is 2.17 bits per heavy atom. The van der Waals surface area contributed by atoms with Crippen molar-refractivity contribution in [2.24, 2.45) is 0 Å². The minimum Gasteiger partial charge on any atom is -0.331 e. The Labute approximate surface area is 142 Å². The fraction of sp³-hybridized carbons (Fsp3) is 0.588. The third kappa shape index (κ3) is 4.23. The molecule has 24 heavy (non-hydrogen) atoms. The van der Waals surface area contributed by atoms with E-state index in [1.807, 2.05) is 11.8 Å². The molecule has 132 valence electrons. The average molecular weight is 334 g/mol. The molecular formula is C17H26N4O3. The van der Waals surface area contributed by atoms with Gasteiger partial charge in [-0.15, -0.1) is 0 Å². The van der Waals surface area contributed by atoms with Crippen LogP contribution in [0.5, 0.6) is 0 Å². The number of rotatable bonds is 6. The van der Waals surface area contributed by atoms with Gasteiger partial charge in [0.15, 0.2) is 0 Å². The van der Waals surface area contributed by atoms with Crippen LogP contribution in [0.15, 0.2) is 24.3 Å². The highest BCUT2D eigenvalue weighted by atomic mass is 16.6. The van der Waals surface area contributed by atoms with Crippen molar-refractivity contribution in [1.82, 2.24) is 15.1 Å². The van der Waals surface area contributed by atoms with Gasteiger partial charge in [0.25, 0.3) is 5.69 Å². The first kappa shape index (κ1) is 18.2. The zero-order chi connectivity index (χ0) is 17.7. The molecule has 2 atom stereocenters. The molecule has 1 heterocycles. The van der Waals surface area contributed by atoms with Gasteiger partial charge in [0.2, 0.25) is 0 Å². The largest absolute Gasteiger partial charge is 0.331 e. The molecule has 7 heteroatoms. The predicted molar refractivity (Wildman–Crippen MR) is 92.9 cm³/mol. The third-order valence-corrected chi connectivity index (χ3v) is 4.70. The highest BCUT2D eigenvalue weighted by Crippen LogP contribution is 2.20. The lowest BCUT2D eigenvalue weighted by Crippen LogP contribution is -2.42. The van der Waals surface area contributed by atoms with Crippen molar-refractivity contribution >= 4 is 11.7 Å². The van der Waals surface area contributed by atoms with Crippen LogP contribution in [0, 0.1) is 10.1 Å². The molecule has 0 aliphatic carbocycles. The van der Waals surface area contributed by atoms with Crippen LogP contribution < -0.4 is 5.32 Å². The van der Waals surface area contributed by atoms with Crippen LogP contribution >= 0.6 is 0 Å². The molecule has 1 fully saturated rings. The van der Waals surface area contributed by atoms with Crippen molar-refractivity contribution in [2.75, 3.05) is 26.2 Å². The molecule has 0 spiro atoms. The normalized spacial score (nSPS) is 18.7. The van der Waals surface area contributed by atoms with Crippen LogP contribution in [-0.2, 0) is 0 Å². The van der Waals surface area contributed by atoms with Crippen molar-refractivity contribution < 1.29 is 9.72 Å². The number of amides is 2. The number of hydrogen-bond donors (Lipinski definition) is 1. The van der Waals surface area contributed by atoms with Crippen molar-refractivity contribution in [3.8, 4) is 0 Å². The quantitative estimate of drug-likeness (QED) is 0.641. The van der Waals surface area contributed by atoms with Gasteiger partial charge in [-0.1, -0.05) is 26.0 Å². The minimum absolute atomic E-state index is 0.0383. The summed E-state index contributed by atoms with van der Waals surface area (Å²) < 4.78 is 0. The number of benzene rings is 1. The highest BCUT2D eigenvalue weighted by molar-refractivity contribution is 5.75. The van der Waals surface area contributed by atoms with E-state index in [1.54, 1.807) is 12.1 Å². The van der Waals surface area contributed by atoms with Gasteiger partial charge >= 0.3 is 6.03 Å². The first-order valence-electron chi connectivity index (χ1n) is 8.50. The second-order valence-corrected chi connectivity index (χ2v) is 6.13. The number of non-ortho nitro benzene ring substituents is 1. The maximum absolute atomic E-state index is 12.5. The van der Waals surface area contributed by atoms with Crippen molar-refractivity contribution in [1.29, 1.82) is 0 Å². The van der Waals surface area contributed by atoms with E-state index in [9.17, 15) is 14.9 Å². The smallest absolute Gasteiger partial charge is 0.317 e. The fourth-order valence-electron chi connectivity index (χ4n) is 3.23. The fourth-order valence-corrected chi connectivity index (χ4v) is 3.23. The molecule has 0 radical (unpaired) electrons. The summed E-state index contributed by atoms with van der Waals surface area (Å²) >= 11 is 0. The number of nitro benzene ring substituents is 1. The van der Waals surface area contributed by atoms with E-state index in [-0.39, 0.29) is 17.8 Å². The van der Waals surface area contributed by atoms with Crippen LogP contribution in [0.2, 0.25) is 0 Å². The van der Waals surface area contributed by atoms with Gasteiger partial charge in [0.1, 0.15) is 0 Å². The molecule has 0 unspecified atom stereocenters. The third-order valence-electron chi connectivity index (χ3n) is 4.70. The molecule has 0 saturated carbocycles. The Kier molecular flexibility index (Phi) is 6.14. The van der Waals surface area contributed by atoms with Gasteiger partial charge in [-0.25, -0.2) is 4.79 Å². The zero-order valence-corrected chi connectivity index (χ0v) is 14.6. The Hall–Kier alpha value is -2.15. The zero-order valence-electron chi connectivity index (χ0n) is 14.6. The second kappa shape index (κ2) is 8.10. The summed E-state index contributed by atoms with van der Waals surface area (Å²) in [5.41, 5.74) is 0.772. The monoisotopic (exact) mass is 334 g/mol. The Morgan fingerprint density at radius 1 is 1.46 bits per heavy atom. The Morgan fingerprint density at radius 3 is 2.79 bits per heavy atom. The van der Waals surface area contributed by atoms with E-state index < -0.39 is 4.92 Å². The number of carbonyl (C=O) groups is 1. The molecule has 1 N–H and O–H groups in total. The van der Waals surface area contributed by atoms with E-state index >= 15 is 0 Å². The van der Waals surface area contributed by atoms with Crippen LogP contribution in [0.1, 0.15) is 38.8 Å². The summed E-state index contributed by atoms with van der Waals surface area (Å²) in [5.74, 6) is 0. The standard InChI is InChI=1S/C17H26N4O3/c1-4-19(5-2)16-9-10-20(12-16)17(22)18-13(3)14-7-6-8-15(11-14)21(23)24/h6-8,11,13,16H,4-5,9-10,12H2,1-3H3,(H,18,22)/t13-,16+/m0/s1. The number of likely N-dealkylation sites (N-methyl/N-ethyl adjacent to an activating group) is 1. The van der Waals surface area contributed by atoms with Gasteiger partial charge in [-0.3, -0.25) is 15.0 Å². The molecule has 1 aliphatic rings. The molecule has 2 rings (SSSR count). The van der Waals surface area contributed by atoms with Gasteiger partial charge in [0, 0.05) is 31.3 Å². The van der Waals surface area contributed by atoms with Crippen molar-refractivity contribution in [3.63, 3.8) is 0 Å². The van der Waals surface area contributed by atoms with Crippen LogP contribution in [-0.4, -0.2) is 53.0 Å². The van der Waals surface area contributed by atoms with Crippen molar-refractivity contribution in [2.45, 2.75) is 39.3 Å². The molecule has 1 aromatic rings. The molecule has 2 amide bonds. The topological polar surface area (TPSA) is 78.7 Å². The van der Waals surface area contributed by atoms with E-state index in [4.69, 9.17) is 0 Å². The maximum atomic E-state index is 12.5. The van der Waals surface area contributed by atoms with E-state index in [1.165, 1.54) is 12.1 Å². The second-order valence-electron chi connectivity index (χ2n) is 6.13. The van der Waals surface area contributed by atoms with Gasteiger partial charge < -0.3 is 10.2 Å². The Bertz CT molecular complexity index is 589. The van der Waals surface area contributed by atoms with Crippen molar-refractivity contribution in [3.05, 3.63) is 39.9 Å². The highest BCUT2D eigenvalue weighted by Gasteiger charge is 2.29. The number of hydrogen-bond acceptors (Lipinski definition) is 4. The minimum atomic E-state index is -0.423. The first-order valence-corrected chi connectivity index (χ1v) is 8.50. The SMILES string of the molecule is CCN(CC)[C@@H]1CCN(C(=O)N[C@@H](C)c2cccc([N+](=O)[O-])c2)C1. The van der Waals surface area contributed by atoms with Crippen LogP contribution in [0.3, 0.4) is 0 Å². The Balaban J connectivity index is 1.95. The molecule has 1 aliphatic heterocycles. The van der Waals surface area contributed by atoms with Crippen LogP contribution in [0.25, 0.3) is 0 Å². The molecule has 7 nitrogen and oxygen atoms in total. The lowest BCUT2D eigenvalue weighted by Gasteiger charge is -2.26. The number of nitrogens with zero attached hydrogens (tertiary/aromatic N) is 3. The number of likely N-dealkylation sites (tertiary alicyclic amines) is 1. The molecule has 0 aromatic heterocycles. The summed E-state index contributed by atoms with van der Waals surface area (Å²) in [7, 11) is 0. The molecule has 0 bridgehead atoms. The lowest BCUT2D eigenvalue weighted by molar-refractivity contribution is -0.384. The number of nitrogens with one attached hydrogen (secondary N) is 1.